The van der Waals surface area contributed by atoms with Crippen LogP contribution in [0.1, 0.15) is 19.4 Å². The quantitative estimate of drug-likeness (QED) is 0.512. The minimum absolute atomic E-state index is 0.108. The number of benzene rings is 1. The predicted molar refractivity (Wildman–Crippen MR) is 93.6 cm³/mol. The van der Waals surface area contributed by atoms with Gasteiger partial charge in [-0.25, -0.2) is 9.97 Å². The van der Waals surface area contributed by atoms with Crippen molar-refractivity contribution in [2.75, 3.05) is 0 Å². The summed E-state index contributed by atoms with van der Waals surface area (Å²) in [6, 6.07) is 8.45. The molecule has 2 heterocycles. The minimum Gasteiger partial charge on any atom is -0.299 e. The van der Waals surface area contributed by atoms with Gasteiger partial charge in [-0.2, -0.15) is 0 Å². The van der Waals surface area contributed by atoms with E-state index < -0.39 is 0 Å². The van der Waals surface area contributed by atoms with Gasteiger partial charge in [0.1, 0.15) is 22.0 Å². The number of fused-ring (bicyclic) bond motifs is 1. The van der Waals surface area contributed by atoms with Gasteiger partial charge in [-0.1, -0.05) is 41.6 Å². The minimum atomic E-state index is -0.108. The number of Topliss-reactive ketones (excluding diaryl/α,β-unsaturated/α-hetero) is 1. The van der Waals surface area contributed by atoms with E-state index in [1.165, 1.54) is 17.3 Å². The van der Waals surface area contributed by atoms with E-state index in [2.05, 4.69) is 46.5 Å². The Morgan fingerprint density at radius 2 is 1.95 bits per heavy atom. The topological polar surface area (TPSA) is 42.9 Å². The molecule has 0 spiro atoms. The van der Waals surface area contributed by atoms with E-state index in [4.69, 9.17) is 0 Å². The molecule has 1 atom stereocenters. The van der Waals surface area contributed by atoms with Gasteiger partial charge in [-0.05, 0) is 26.3 Å². The first-order chi connectivity index (χ1) is 10.6. The van der Waals surface area contributed by atoms with Crippen LogP contribution in [0.2, 0.25) is 0 Å². The number of hydrogen-bond donors (Lipinski definition) is 0. The third kappa shape index (κ3) is 2.91. The van der Waals surface area contributed by atoms with Crippen LogP contribution >= 0.6 is 23.1 Å². The number of aryl methyl sites for hydroxylation is 1. The number of nitrogens with zero attached hydrogens (tertiary/aromatic N) is 2. The molecule has 0 aliphatic heterocycles. The third-order valence-corrected chi connectivity index (χ3v) is 5.66. The highest BCUT2D eigenvalue weighted by atomic mass is 32.2. The molecule has 0 saturated heterocycles. The fourth-order valence-corrected chi connectivity index (χ4v) is 4.05. The molecule has 3 rings (SSSR count). The second-order valence-electron chi connectivity index (χ2n) is 5.25. The van der Waals surface area contributed by atoms with Gasteiger partial charge >= 0.3 is 0 Å². The molecule has 1 aromatic carbocycles. The summed E-state index contributed by atoms with van der Waals surface area (Å²) in [5.41, 5.74) is 3.53. The van der Waals surface area contributed by atoms with E-state index >= 15 is 0 Å². The number of thioether (sulfide) groups is 1. The van der Waals surface area contributed by atoms with Crippen LogP contribution in [0.3, 0.4) is 0 Å². The first kappa shape index (κ1) is 15.2. The third-order valence-electron chi connectivity index (χ3n) is 3.56. The lowest BCUT2D eigenvalue weighted by Gasteiger charge is -2.09. The molecular weight excluding hydrogens is 312 g/mol. The van der Waals surface area contributed by atoms with Gasteiger partial charge in [0.2, 0.25) is 0 Å². The standard InChI is InChI=1S/C17H16N2OS2/c1-10-4-6-13(7-5-10)14-8-21-16-15(14)17(19-9-18-16)22-12(3)11(2)20/h4-9,12H,1-3H3. The molecule has 0 N–H and O–H groups in total. The van der Waals surface area contributed by atoms with Crippen molar-refractivity contribution in [1.82, 2.24) is 9.97 Å². The predicted octanol–water partition coefficient (Wildman–Crippen LogP) is 4.74. The number of carbonyl (C=O) groups is 1. The highest BCUT2D eigenvalue weighted by Gasteiger charge is 2.17. The van der Waals surface area contributed by atoms with Gasteiger partial charge in [-0.3, -0.25) is 4.79 Å². The maximum atomic E-state index is 11.6. The lowest BCUT2D eigenvalue weighted by atomic mass is 10.1. The molecule has 5 heteroatoms. The molecule has 22 heavy (non-hydrogen) atoms. The maximum absolute atomic E-state index is 11.6. The molecule has 0 aliphatic carbocycles. The summed E-state index contributed by atoms with van der Waals surface area (Å²) < 4.78 is 0. The first-order valence-corrected chi connectivity index (χ1v) is 8.78. The van der Waals surface area contributed by atoms with E-state index in [9.17, 15) is 4.79 Å². The Bertz CT molecular complexity index is 824. The van der Waals surface area contributed by atoms with Crippen molar-refractivity contribution in [3.05, 3.63) is 41.5 Å². The molecule has 0 bridgehead atoms. The number of ketones is 1. The molecule has 112 valence electrons. The van der Waals surface area contributed by atoms with E-state index in [0.717, 1.165) is 26.4 Å². The van der Waals surface area contributed by atoms with Crippen molar-refractivity contribution in [3.63, 3.8) is 0 Å². The van der Waals surface area contributed by atoms with Gasteiger partial charge in [0.05, 0.1) is 10.6 Å². The van der Waals surface area contributed by atoms with Gasteiger partial charge < -0.3 is 0 Å². The largest absolute Gasteiger partial charge is 0.299 e. The number of aromatic nitrogens is 2. The molecule has 0 radical (unpaired) electrons. The average molecular weight is 328 g/mol. The van der Waals surface area contributed by atoms with Crippen LogP contribution in [0.4, 0.5) is 0 Å². The maximum Gasteiger partial charge on any atom is 0.142 e. The smallest absolute Gasteiger partial charge is 0.142 e. The fourth-order valence-electron chi connectivity index (χ4n) is 2.13. The number of rotatable bonds is 4. The zero-order chi connectivity index (χ0) is 15.7. The highest BCUT2D eigenvalue weighted by molar-refractivity contribution is 8.00. The summed E-state index contributed by atoms with van der Waals surface area (Å²) in [6.07, 6.45) is 1.58. The molecular formula is C17H16N2OS2. The second-order valence-corrected chi connectivity index (χ2v) is 7.43. The van der Waals surface area contributed by atoms with Crippen LogP contribution in [-0.2, 0) is 4.79 Å². The van der Waals surface area contributed by atoms with Crippen LogP contribution in [0, 0.1) is 6.92 Å². The first-order valence-electron chi connectivity index (χ1n) is 7.02. The van der Waals surface area contributed by atoms with Crippen LogP contribution in [0.15, 0.2) is 41.0 Å². The lowest BCUT2D eigenvalue weighted by molar-refractivity contribution is -0.116. The molecule has 0 aliphatic rings. The fraction of sp³-hybridized carbons (Fsp3) is 0.235. The van der Waals surface area contributed by atoms with E-state index in [-0.39, 0.29) is 11.0 Å². The molecule has 0 fully saturated rings. The van der Waals surface area contributed by atoms with Crippen molar-refractivity contribution in [1.29, 1.82) is 0 Å². The van der Waals surface area contributed by atoms with E-state index in [0.29, 0.717) is 0 Å². The van der Waals surface area contributed by atoms with Crippen molar-refractivity contribution in [2.24, 2.45) is 0 Å². The summed E-state index contributed by atoms with van der Waals surface area (Å²) in [7, 11) is 0. The molecule has 0 saturated carbocycles. The zero-order valence-corrected chi connectivity index (χ0v) is 14.3. The van der Waals surface area contributed by atoms with Gasteiger partial charge in [0.25, 0.3) is 0 Å². The Kier molecular flexibility index (Phi) is 4.27. The molecule has 3 aromatic rings. The number of carbonyl (C=O) groups excluding carboxylic acids is 1. The number of hydrogen-bond acceptors (Lipinski definition) is 5. The Morgan fingerprint density at radius 1 is 1.23 bits per heavy atom. The van der Waals surface area contributed by atoms with Crippen LogP contribution in [-0.4, -0.2) is 21.0 Å². The van der Waals surface area contributed by atoms with Crippen LogP contribution < -0.4 is 0 Å². The van der Waals surface area contributed by atoms with Crippen LogP contribution in [0.25, 0.3) is 21.3 Å². The summed E-state index contributed by atoms with van der Waals surface area (Å²) >= 11 is 3.12. The van der Waals surface area contributed by atoms with Gasteiger partial charge in [0.15, 0.2) is 0 Å². The molecule has 2 aromatic heterocycles. The Morgan fingerprint density at radius 3 is 2.64 bits per heavy atom. The molecule has 0 amide bonds. The van der Waals surface area contributed by atoms with Crippen LogP contribution in [0.5, 0.6) is 0 Å². The lowest BCUT2D eigenvalue weighted by Crippen LogP contribution is -2.08. The normalized spacial score (nSPS) is 12.5. The number of thiophene rings is 1. The van der Waals surface area contributed by atoms with Gasteiger partial charge in [-0.15, -0.1) is 11.3 Å². The van der Waals surface area contributed by atoms with Crippen molar-refractivity contribution in [3.8, 4) is 11.1 Å². The van der Waals surface area contributed by atoms with Gasteiger partial charge in [0, 0.05) is 10.9 Å². The second kappa shape index (κ2) is 6.18. The van der Waals surface area contributed by atoms with E-state index in [1.807, 2.05) is 6.92 Å². The van der Waals surface area contributed by atoms with Crippen molar-refractivity contribution in [2.45, 2.75) is 31.0 Å². The van der Waals surface area contributed by atoms with Crippen molar-refractivity contribution >= 4 is 39.1 Å². The molecule has 3 nitrogen and oxygen atoms in total. The Hall–Kier alpha value is -1.72. The van der Waals surface area contributed by atoms with Crippen molar-refractivity contribution < 1.29 is 4.79 Å². The Balaban J connectivity index is 2.12. The zero-order valence-electron chi connectivity index (χ0n) is 12.7. The SMILES string of the molecule is CC(=O)C(C)Sc1ncnc2scc(-c3ccc(C)cc3)c12. The summed E-state index contributed by atoms with van der Waals surface area (Å²) in [4.78, 5) is 21.3. The monoisotopic (exact) mass is 328 g/mol. The summed E-state index contributed by atoms with van der Waals surface area (Å²) in [6.45, 7) is 5.61. The Labute approximate surface area is 137 Å². The average Bonchev–Trinajstić information content (AvgIpc) is 2.93. The van der Waals surface area contributed by atoms with E-state index in [1.54, 1.807) is 24.6 Å². The summed E-state index contributed by atoms with van der Waals surface area (Å²) in [5.74, 6) is 0.156. The molecule has 1 unspecified atom stereocenters. The summed E-state index contributed by atoms with van der Waals surface area (Å²) in [5, 5.41) is 3.94. The highest BCUT2D eigenvalue weighted by Crippen LogP contribution is 2.39.